The lowest BCUT2D eigenvalue weighted by Crippen LogP contribution is -2.32. The van der Waals surface area contributed by atoms with Crippen LogP contribution in [0, 0.1) is 6.92 Å². The lowest BCUT2D eigenvalue weighted by Gasteiger charge is -2.02. The monoisotopic (exact) mass is 246 g/mol. The maximum Gasteiger partial charge on any atom is 0.320 e. The smallest absolute Gasteiger partial charge is 0.320 e. The third-order valence-electron chi connectivity index (χ3n) is 2.59. The molecule has 18 heavy (non-hydrogen) atoms. The quantitative estimate of drug-likeness (QED) is 0.820. The van der Waals surface area contributed by atoms with Crippen LogP contribution < -0.4 is 5.73 Å². The van der Waals surface area contributed by atoms with Gasteiger partial charge < -0.3 is 10.8 Å². The molecule has 2 aromatic rings. The Hall–Kier alpha value is -2.21. The van der Waals surface area contributed by atoms with E-state index in [4.69, 9.17) is 10.8 Å². The number of rotatable bonds is 4. The molecule has 0 bridgehead atoms. The number of hydrogen-bond acceptors (Lipinski definition) is 4. The topological polar surface area (TPSA) is 94.0 Å². The van der Waals surface area contributed by atoms with Crippen molar-refractivity contribution in [3.05, 3.63) is 41.7 Å². The third kappa shape index (κ3) is 2.72. The zero-order valence-electron chi connectivity index (χ0n) is 9.95. The van der Waals surface area contributed by atoms with Gasteiger partial charge in [-0.1, -0.05) is 22.9 Å². The molecule has 0 aliphatic rings. The average molecular weight is 246 g/mol. The van der Waals surface area contributed by atoms with Crippen LogP contribution in [0.5, 0.6) is 0 Å². The zero-order chi connectivity index (χ0) is 13.1. The van der Waals surface area contributed by atoms with Crippen molar-refractivity contribution in [3.8, 4) is 5.69 Å². The fourth-order valence-corrected chi connectivity index (χ4v) is 1.53. The van der Waals surface area contributed by atoms with E-state index in [-0.39, 0.29) is 6.42 Å². The molecule has 0 aliphatic heterocycles. The number of benzene rings is 1. The lowest BCUT2D eigenvalue weighted by atomic mass is 10.2. The van der Waals surface area contributed by atoms with Crippen molar-refractivity contribution in [2.75, 3.05) is 0 Å². The van der Waals surface area contributed by atoms with Crippen LogP contribution in [0.15, 0.2) is 30.5 Å². The van der Waals surface area contributed by atoms with E-state index in [2.05, 4.69) is 10.3 Å². The number of aliphatic carboxylic acids is 1. The molecule has 0 aliphatic carbocycles. The Morgan fingerprint density at radius 2 is 2.11 bits per heavy atom. The first-order valence-electron chi connectivity index (χ1n) is 5.53. The molecule has 1 unspecified atom stereocenters. The summed E-state index contributed by atoms with van der Waals surface area (Å²) >= 11 is 0. The fraction of sp³-hybridized carbons (Fsp3) is 0.250. The number of nitrogens with two attached hydrogens (primary N) is 1. The molecule has 6 heteroatoms. The van der Waals surface area contributed by atoms with Gasteiger partial charge in [0.1, 0.15) is 6.04 Å². The van der Waals surface area contributed by atoms with Crippen molar-refractivity contribution in [1.82, 2.24) is 15.0 Å². The summed E-state index contributed by atoms with van der Waals surface area (Å²) in [7, 11) is 0. The Balaban J connectivity index is 2.15. The largest absolute Gasteiger partial charge is 0.480 e. The predicted octanol–water partition coefficient (Wildman–Crippen LogP) is 0.530. The molecule has 6 nitrogen and oxygen atoms in total. The van der Waals surface area contributed by atoms with Crippen LogP contribution in [0.2, 0.25) is 0 Å². The molecule has 2 rings (SSSR count). The van der Waals surface area contributed by atoms with E-state index in [0.717, 1.165) is 11.3 Å². The Kier molecular flexibility index (Phi) is 3.38. The summed E-state index contributed by atoms with van der Waals surface area (Å²) in [5, 5.41) is 16.6. The maximum absolute atomic E-state index is 10.6. The molecule has 94 valence electrons. The molecular weight excluding hydrogens is 232 g/mol. The van der Waals surface area contributed by atoms with Gasteiger partial charge in [-0.15, -0.1) is 5.10 Å². The molecule has 0 saturated carbocycles. The third-order valence-corrected chi connectivity index (χ3v) is 2.59. The van der Waals surface area contributed by atoms with Gasteiger partial charge in [0.25, 0.3) is 0 Å². The average Bonchev–Trinajstić information content (AvgIpc) is 2.78. The van der Waals surface area contributed by atoms with Crippen LogP contribution in [-0.2, 0) is 11.2 Å². The molecule has 0 amide bonds. The number of aromatic nitrogens is 3. The minimum absolute atomic E-state index is 0.168. The van der Waals surface area contributed by atoms with Crippen LogP contribution in [0.3, 0.4) is 0 Å². The second kappa shape index (κ2) is 4.97. The Morgan fingerprint density at radius 3 is 2.72 bits per heavy atom. The predicted molar refractivity (Wildman–Crippen MR) is 65.4 cm³/mol. The van der Waals surface area contributed by atoms with Crippen molar-refractivity contribution < 1.29 is 9.90 Å². The molecule has 0 saturated heterocycles. The van der Waals surface area contributed by atoms with E-state index in [1.807, 2.05) is 31.2 Å². The van der Waals surface area contributed by atoms with Gasteiger partial charge in [0.2, 0.25) is 0 Å². The van der Waals surface area contributed by atoms with E-state index >= 15 is 0 Å². The molecule has 0 fully saturated rings. The van der Waals surface area contributed by atoms with Crippen LogP contribution in [0.4, 0.5) is 0 Å². The van der Waals surface area contributed by atoms with E-state index in [1.54, 1.807) is 10.9 Å². The fourth-order valence-electron chi connectivity index (χ4n) is 1.53. The van der Waals surface area contributed by atoms with Gasteiger partial charge in [0, 0.05) is 6.42 Å². The minimum atomic E-state index is -1.04. The zero-order valence-corrected chi connectivity index (χ0v) is 9.95. The summed E-state index contributed by atoms with van der Waals surface area (Å²) in [6.07, 6.45) is 1.86. The Bertz CT molecular complexity index is 547. The molecule has 0 spiro atoms. The summed E-state index contributed by atoms with van der Waals surface area (Å²) in [4.78, 5) is 10.6. The lowest BCUT2D eigenvalue weighted by molar-refractivity contribution is -0.138. The highest BCUT2D eigenvalue weighted by molar-refractivity contribution is 5.73. The van der Waals surface area contributed by atoms with Gasteiger partial charge in [0.05, 0.1) is 17.6 Å². The number of carboxylic acids is 1. The second-order valence-electron chi connectivity index (χ2n) is 4.14. The summed E-state index contributed by atoms with van der Waals surface area (Å²) in [6, 6.07) is 6.84. The number of carboxylic acid groups (broad SMARTS) is 1. The van der Waals surface area contributed by atoms with Crippen LogP contribution in [0.1, 0.15) is 11.3 Å². The highest BCUT2D eigenvalue weighted by atomic mass is 16.4. The highest BCUT2D eigenvalue weighted by Crippen LogP contribution is 2.09. The second-order valence-corrected chi connectivity index (χ2v) is 4.14. The first-order valence-corrected chi connectivity index (χ1v) is 5.53. The SMILES string of the molecule is Cc1ccc(-n2cc(CC(N)C(=O)O)nn2)cc1. The molecule has 1 atom stereocenters. The van der Waals surface area contributed by atoms with Crippen molar-refractivity contribution in [1.29, 1.82) is 0 Å². The molecule has 1 heterocycles. The standard InChI is InChI=1S/C12H14N4O2/c1-8-2-4-10(5-3-8)16-7-9(14-15-16)6-11(13)12(17)18/h2-5,7,11H,6,13H2,1H3,(H,17,18). The van der Waals surface area contributed by atoms with Gasteiger partial charge in [-0.05, 0) is 19.1 Å². The van der Waals surface area contributed by atoms with Crippen molar-refractivity contribution >= 4 is 5.97 Å². The summed E-state index contributed by atoms with van der Waals surface area (Å²) in [5.41, 5.74) is 8.04. The van der Waals surface area contributed by atoms with Crippen LogP contribution in [-0.4, -0.2) is 32.1 Å². The van der Waals surface area contributed by atoms with Crippen LogP contribution >= 0.6 is 0 Å². The van der Waals surface area contributed by atoms with Crippen molar-refractivity contribution in [2.24, 2.45) is 5.73 Å². The molecule has 1 aromatic heterocycles. The minimum Gasteiger partial charge on any atom is -0.480 e. The first kappa shape index (κ1) is 12.3. The van der Waals surface area contributed by atoms with Gasteiger partial charge in [0.15, 0.2) is 0 Å². The number of aryl methyl sites for hydroxylation is 1. The van der Waals surface area contributed by atoms with Crippen LogP contribution in [0.25, 0.3) is 5.69 Å². The molecule has 1 aromatic carbocycles. The van der Waals surface area contributed by atoms with E-state index in [1.165, 1.54) is 0 Å². The van der Waals surface area contributed by atoms with Gasteiger partial charge in [-0.2, -0.15) is 0 Å². The van der Waals surface area contributed by atoms with E-state index in [9.17, 15) is 4.79 Å². The van der Waals surface area contributed by atoms with Crippen molar-refractivity contribution in [2.45, 2.75) is 19.4 Å². The molecule has 0 radical (unpaired) electrons. The normalized spacial score (nSPS) is 12.3. The van der Waals surface area contributed by atoms with Gasteiger partial charge in [-0.3, -0.25) is 4.79 Å². The number of carbonyl (C=O) groups is 1. The van der Waals surface area contributed by atoms with Gasteiger partial charge >= 0.3 is 5.97 Å². The van der Waals surface area contributed by atoms with Crippen molar-refractivity contribution in [3.63, 3.8) is 0 Å². The molecular formula is C12H14N4O2. The summed E-state index contributed by atoms with van der Waals surface area (Å²) in [5.74, 6) is -1.04. The number of hydrogen-bond donors (Lipinski definition) is 2. The highest BCUT2D eigenvalue weighted by Gasteiger charge is 2.14. The maximum atomic E-state index is 10.6. The summed E-state index contributed by atoms with van der Waals surface area (Å²) in [6.45, 7) is 2.00. The Labute approximate surface area is 104 Å². The van der Waals surface area contributed by atoms with Gasteiger partial charge in [-0.25, -0.2) is 4.68 Å². The first-order chi connectivity index (χ1) is 8.56. The summed E-state index contributed by atoms with van der Waals surface area (Å²) < 4.78 is 1.60. The molecule has 3 N–H and O–H groups in total. The van der Waals surface area contributed by atoms with E-state index in [0.29, 0.717) is 5.69 Å². The van der Waals surface area contributed by atoms with E-state index < -0.39 is 12.0 Å². The Morgan fingerprint density at radius 1 is 1.44 bits per heavy atom. The number of nitrogens with zero attached hydrogens (tertiary/aromatic N) is 3.